The summed E-state index contributed by atoms with van der Waals surface area (Å²) >= 11 is 0. The molecule has 1 aliphatic carbocycles. The van der Waals surface area contributed by atoms with Crippen molar-refractivity contribution in [1.82, 2.24) is 4.90 Å². The number of nitriles is 1. The standard InChI is InChI=1S/C15H18N2O/c1-18-14-6-5-11-3-2-4-12-9-17(10-16)8-7-13(14)15(11)12/h5-6,12H,2-4,7-9H2,1H3. The van der Waals surface area contributed by atoms with Crippen LogP contribution >= 0.6 is 0 Å². The molecule has 1 heterocycles. The number of hydrogen-bond acceptors (Lipinski definition) is 3. The van der Waals surface area contributed by atoms with Crippen molar-refractivity contribution < 1.29 is 4.74 Å². The van der Waals surface area contributed by atoms with Gasteiger partial charge in [0.1, 0.15) is 5.75 Å². The third-order valence-corrected chi connectivity index (χ3v) is 4.25. The van der Waals surface area contributed by atoms with Gasteiger partial charge in [-0.25, -0.2) is 0 Å². The molecular weight excluding hydrogens is 224 g/mol. The zero-order chi connectivity index (χ0) is 12.5. The van der Waals surface area contributed by atoms with E-state index in [-0.39, 0.29) is 0 Å². The fourth-order valence-electron chi connectivity index (χ4n) is 3.43. The minimum absolute atomic E-state index is 0.515. The van der Waals surface area contributed by atoms with E-state index in [0.717, 1.165) is 25.3 Å². The molecule has 0 fully saturated rings. The number of benzene rings is 1. The second-order valence-corrected chi connectivity index (χ2v) is 5.20. The largest absolute Gasteiger partial charge is 0.496 e. The molecule has 1 unspecified atom stereocenters. The third kappa shape index (κ3) is 1.73. The number of aryl methyl sites for hydroxylation is 1. The summed E-state index contributed by atoms with van der Waals surface area (Å²) < 4.78 is 5.51. The van der Waals surface area contributed by atoms with Gasteiger partial charge in [-0.05, 0) is 48.4 Å². The lowest BCUT2D eigenvalue weighted by Gasteiger charge is -2.28. The zero-order valence-corrected chi connectivity index (χ0v) is 10.8. The van der Waals surface area contributed by atoms with Crippen molar-refractivity contribution in [2.45, 2.75) is 31.6 Å². The summed E-state index contributed by atoms with van der Waals surface area (Å²) in [6.07, 6.45) is 6.86. The zero-order valence-electron chi connectivity index (χ0n) is 10.8. The molecular formula is C15H18N2O. The Hall–Kier alpha value is -1.69. The fourth-order valence-corrected chi connectivity index (χ4v) is 3.43. The van der Waals surface area contributed by atoms with Crippen LogP contribution in [-0.4, -0.2) is 25.1 Å². The van der Waals surface area contributed by atoms with Crippen molar-refractivity contribution in [2.75, 3.05) is 20.2 Å². The summed E-state index contributed by atoms with van der Waals surface area (Å²) in [5.41, 5.74) is 4.30. The van der Waals surface area contributed by atoms with Gasteiger partial charge in [0.05, 0.1) is 7.11 Å². The average Bonchev–Trinajstić information content (AvgIpc) is 2.61. The van der Waals surface area contributed by atoms with Gasteiger partial charge in [-0.2, -0.15) is 5.26 Å². The number of methoxy groups -OCH3 is 1. The summed E-state index contributed by atoms with van der Waals surface area (Å²) in [4.78, 5) is 1.90. The van der Waals surface area contributed by atoms with Gasteiger partial charge in [0.25, 0.3) is 0 Å². The van der Waals surface area contributed by atoms with E-state index in [1.807, 2.05) is 4.90 Å². The van der Waals surface area contributed by atoms with Gasteiger partial charge in [0, 0.05) is 19.0 Å². The first-order chi connectivity index (χ1) is 8.83. The molecule has 3 rings (SSSR count). The van der Waals surface area contributed by atoms with E-state index in [0.29, 0.717) is 5.92 Å². The Morgan fingerprint density at radius 3 is 3.06 bits per heavy atom. The lowest BCUT2D eigenvalue weighted by molar-refractivity contribution is 0.361. The molecule has 1 aromatic rings. The van der Waals surface area contributed by atoms with Crippen molar-refractivity contribution >= 4 is 0 Å². The highest BCUT2D eigenvalue weighted by molar-refractivity contribution is 5.49. The van der Waals surface area contributed by atoms with Crippen molar-refractivity contribution in [3.63, 3.8) is 0 Å². The molecule has 0 amide bonds. The lowest BCUT2D eigenvalue weighted by atomic mass is 9.80. The second-order valence-electron chi connectivity index (χ2n) is 5.20. The first-order valence-electron chi connectivity index (χ1n) is 6.67. The van der Waals surface area contributed by atoms with Gasteiger partial charge in [-0.15, -0.1) is 0 Å². The first-order valence-corrected chi connectivity index (χ1v) is 6.67. The van der Waals surface area contributed by atoms with Crippen LogP contribution in [0.3, 0.4) is 0 Å². The second kappa shape index (κ2) is 4.53. The molecule has 2 aliphatic rings. The van der Waals surface area contributed by atoms with E-state index in [1.54, 1.807) is 7.11 Å². The van der Waals surface area contributed by atoms with Crippen molar-refractivity contribution in [1.29, 1.82) is 5.26 Å². The Kier molecular flexibility index (Phi) is 2.87. The Morgan fingerprint density at radius 2 is 2.28 bits per heavy atom. The monoisotopic (exact) mass is 242 g/mol. The summed E-state index contributed by atoms with van der Waals surface area (Å²) in [6.45, 7) is 1.70. The highest BCUT2D eigenvalue weighted by Gasteiger charge is 2.29. The van der Waals surface area contributed by atoms with Crippen molar-refractivity contribution in [2.24, 2.45) is 0 Å². The normalized spacial score (nSPS) is 21.8. The molecule has 0 saturated carbocycles. The molecule has 1 atom stereocenters. The summed E-state index contributed by atoms with van der Waals surface area (Å²) in [6, 6.07) is 4.31. The number of ether oxygens (including phenoxy) is 1. The van der Waals surface area contributed by atoms with Crippen LogP contribution in [-0.2, 0) is 12.8 Å². The maximum atomic E-state index is 9.17. The van der Waals surface area contributed by atoms with E-state index < -0.39 is 0 Å². The summed E-state index contributed by atoms with van der Waals surface area (Å²) in [5, 5.41) is 9.17. The minimum Gasteiger partial charge on any atom is -0.496 e. The molecule has 1 aromatic carbocycles. The fraction of sp³-hybridized carbons (Fsp3) is 0.533. The van der Waals surface area contributed by atoms with Crippen LogP contribution in [0.4, 0.5) is 0 Å². The van der Waals surface area contributed by atoms with Gasteiger partial charge in [0.15, 0.2) is 6.19 Å². The summed E-state index contributed by atoms with van der Waals surface area (Å²) in [5.74, 6) is 1.52. The molecule has 1 aliphatic heterocycles. The number of hydrogen-bond donors (Lipinski definition) is 0. The Balaban J connectivity index is 2.11. The number of nitrogens with zero attached hydrogens (tertiary/aromatic N) is 2. The SMILES string of the molecule is COc1ccc2c3c1CCN(C#N)CC3CCC2. The minimum atomic E-state index is 0.515. The topological polar surface area (TPSA) is 36.3 Å². The van der Waals surface area contributed by atoms with Gasteiger partial charge in [-0.3, -0.25) is 0 Å². The molecule has 18 heavy (non-hydrogen) atoms. The Bertz CT molecular complexity index is 504. The highest BCUT2D eigenvalue weighted by atomic mass is 16.5. The first kappa shape index (κ1) is 11.4. The quantitative estimate of drug-likeness (QED) is 0.710. The molecule has 0 radical (unpaired) electrons. The van der Waals surface area contributed by atoms with Crippen LogP contribution < -0.4 is 4.74 Å². The van der Waals surface area contributed by atoms with E-state index in [1.165, 1.54) is 36.0 Å². The molecule has 0 aromatic heterocycles. The Labute approximate surface area is 108 Å². The highest BCUT2D eigenvalue weighted by Crippen LogP contribution is 2.40. The van der Waals surface area contributed by atoms with E-state index in [2.05, 4.69) is 18.3 Å². The van der Waals surface area contributed by atoms with Crippen molar-refractivity contribution in [3.05, 3.63) is 28.8 Å². The predicted octanol–water partition coefficient (Wildman–Crippen LogP) is 2.45. The molecule has 0 spiro atoms. The van der Waals surface area contributed by atoms with Crippen LogP contribution in [0.15, 0.2) is 12.1 Å². The lowest BCUT2D eigenvalue weighted by Crippen LogP contribution is -2.24. The maximum Gasteiger partial charge on any atom is 0.179 e. The van der Waals surface area contributed by atoms with Gasteiger partial charge < -0.3 is 9.64 Å². The predicted molar refractivity (Wildman–Crippen MR) is 69.6 cm³/mol. The molecule has 0 bridgehead atoms. The van der Waals surface area contributed by atoms with Crippen LogP contribution in [0, 0.1) is 11.5 Å². The van der Waals surface area contributed by atoms with E-state index >= 15 is 0 Å². The van der Waals surface area contributed by atoms with Gasteiger partial charge >= 0.3 is 0 Å². The maximum absolute atomic E-state index is 9.17. The molecule has 94 valence electrons. The van der Waals surface area contributed by atoms with Crippen LogP contribution in [0.2, 0.25) is 0 Å². The van der Waals surface area contributed by atoms with Crippen LogP contribution in [0.5, 0.6) is 5.75 Å². The third-order valence-electron chi connectivity index (χ3n) is 4.25. The average molecular weight is 242 g/mol. The van der Waals surface area contributed by atoms with Crippen LogP contribution in [0.1, 0.15) is 35.4 Å². The van der Waals surface area contributed by atoms with Crippen LogP contribution in [0.25, 0.3) is 0 Å². The Morgan fingerprint density at radius 1 is 1.39 bits per heavy atom. The van der Waals surface area contributed by atoms with E-state index in [4.69, 9.17) is 10.00 Å². The van der Waals surface area contributed by atoms with Gasteiger partial charge in [-0.1, -0.05) is 6.07 Å². The van der Waals surface area contributed by atoms with Crippen molar-refractivity contribution in [3.8, 4) is 11.9 Å². The molecule has 0 N–H and O–H groups in total. The summed E-state index contributed by atoms with van der Waals surface area (Å²) in [7, 11) is 1.74. The van der Waals surface area contributed by atoms with Gasteiger partial charge in [0.2, 0.25) is 0 Å². The molecule has 0 saturated heterocycles. The smallest absolute Gasteiger partial charge is 0.179 e. The molecule has 3 heteroatoms. The molecule has 3 nitrogen and oxygen atoms in total. The van der Waals surface area contributed by atoms with E-state index in [9.17, 15) is 0 Å². The number of rotatable bonds is 1.